The van der Waals surface area contributed by atoms with E-state index in [4.69, 9.17) is 0 Å². The van der Waals surface area contributed by atoms with E-state index in [0.29, 0.717) is 11.4 Å². The molecule has 0 saturated heterocycles. The molecule has 4 heteroatoms. The summed E-state index contributed by atoms with van der Waals surface area (Å²) in [6, 6.07) is 7.82. The molecular weight excluding hydrogens is 246 g/mol. The van der Waals surface area contributed by atoms with E-state index in [0.717, 1.165) is 23.4 Å². The Labute approximate surface area is 111 Å². The van der Waals surface area contributed by atoms with Gasteiger partial charge < -0.3 is 10.0 Å². The van der Waals surface area contributed by atoms with Gasteiger partial charge in [-0.25, -0.2) is 0 Å². The number of amides is 1. The lowest BCUT2D eigenvalue weighted by molar-refractivity contribution is -0.114. The number of hydrogen-bond acceptors (Lipinski definition) is 3. The summed E-state index contributed by atoms with van der Waals surface area (Å²) in [5.41, 5.74) is 0.950. The topological polar surface area (TPSA) is 40.5 Å². The smallest absolute Gasteiger partial charge is 0.268 e. The molecule has 18 heavy (non-hydrogen) atoms. The fourth-order valence-electron chi connectivity index (χ4n) is 1.92. The zero-order chi connectivity index (χ0) is 13.1. The second-order valence-electron chi connectivity index (χ2n) is 4.29. The number of fused-ring (bicyclic) bond motifs is 1. The number of anilines is 1. The quantitative estimate of drug-likeness (QED) is 0.667. The van der Waals surface area contributed by atoms with E-state index >= 15 is 0 Å². The number of carbonyl (C=O) groups is 1. The Kier molecular flexibility index (Phi) is 3.97. The van der Waals surface area contributed by atoms with Crippen LogP contribution in [0.3, 0.4) is 0 Å². The number of nitrogens with zero attached hydrogens (tertiary/aromatic N) is 1. The Bertz CT molecular complexity index is 492. The van der Waals surface area contributed by atoms with E-state index in [1.165, 1.54) is 11.8 Å². The second-order valence-corrected chi connectivity index (χ2v) is 5.35. The molecule has 0 radical (unpaired) electrons. The van der Waals surface area contributed by atoms with Gasteiger partial charge in [-0.1, -0.05) is 37.2 Å². The van der Waals surface area contributed by atoms with Crippen molar-refractivity contribution in [3.63, 3.8) is 0 Å². The van der Waals surface area contributed by atoms with Gasteiger partial charge in [0.1, 0.15) is 10.7 Å². The first kappa shape index (κ1) is 13.0. The zero-order valence-electron chi connectivity index (χ0n) is 10.6. The zero-order valence-corrected chi connectivity index (χ0v) is 11.5. The predicted molar refractivity (Wildman–Crippen MR) is 74.9 cm³/mol. The number of thioether (sulfide) groups is 1. The molecule has 0 fully saturated rings. The van der Waals surface area contributed by atoms with Gasteiger partial charge in [-0.2, -0.15) is 0 Å². The summed E-state index contributed by atoms with van der Waals surface area (Å²) in [7, 11) is 0. The van der Waals surface area contributed by atoms with Gasteiger partial charge in [0.2, 0.25) is 0 Å². The SMILES string of the molecule is CCCCN1C(=O)/C(=C(/C)O)Sc2ccccc21. The van der Waals surface area contributed by atoms with Gasteiger partial charge in [-0.15, -0.1) is 0 Å². The predicted octanol–water partition coefficient (Wildman–Crippen LogP) is 3.71. The standard InChI is InChI=1S/C14H17NO2S/c1-3-4-9-15-11-7-5-6-8-12(11)18-13(10(2)16)14(15)17/h5-8,16H,3-4,9H2,1-2H3/b13-10+. The molecule has 1 N–H and O–H groups in total. The minimum absolute atomic E-state index is 0.0906. The van der Waals surface area contributed by atoms with Crippen LogP contribution in [0.2, 0.25) is 0 Å². The number of aliphatic hydroxyl groups is 1. The van der Waals surface area contributed by atoms with Gasteiger partial charge in [0, 0.05) is 11.4 Å². The maximum atomic E-state index is 12.3. The van der Waals surface area contributed by atoms with E-state index < -0.39 is 0 Å². The van der Waals surface area contributed by atoms with Crippen molar-refractivity contribution in [3.05, 3.63) is 34.9 Å². The third kappa shape index (κ3) is 2.38. The van der Waals surface area contributed by atoms with Crippen molar-refractivity contribution < 1.29 is 9.90 Å². The highest BCUT2D eigenvalue weighted by molar-refractivity contribution is 8.04. The molecular formula is C14H17NO2S. The lowest BCUT2D eigenvalue weighted by atomic mass is 10.2. The second kappa shape index (κ2) is 5.48. The van der Waals surface area contributed by atoms with E-state index in [9.17, 15) is 9.90 Å². The molecule has 1 heterocycles. The highest BCUT2D eigenvalue weighted by atomic mass is 32.2. The molecule has 96 valence electrons. The Morgan fingerprint density at radius 2 is 2.11 bits per heavy atom. The molecule has 0 bridgehead atoms. The Morgan fingerprint density at radius 3 is 2.78 bits per heavy atom. The van der Waals surface area contributed by atoms with Crippen molar-refractivity contribution in [3.8, 4) is 0 Å². The van der Waals surface area contributed by atoms with Gasteiger partial charge >= 0.3 is 0 Å². The van der Waals surface area contributed by atoms with Crippen molar-refractivity contribution in [1.29, 1.82) is 0 Å². The number of carbonyl (C=O) groups excluding carboxylic acids is 1. The van der Waals surface area contributed by atoms with Crippen molar-refractivity contribution >= 4 is 23.4 Å². The monoisotopic (exact) mass is 263 g/mol. The van der Waals surface area contributed by atoms with Crippen LogP contribution < -0.4 is 4.90 Å². The van der Waals surface area contributed by atoms with Gasteiger partial charge in [-0.3, -0.25) is 4.79 Å². The summed E-state index contributed by atoms with van der Waals surface area (Å²) >= 11 is 1.35. The van der Waals surface area contributed by atoms with Crippen LogP contribution in [0.1, 0.15) is 26.7 Å². The van der Waals surface area contributed by atoms with Crippen LogP contribution in [0.15, 0.2) is 39.8 Å². The van der Waals surface area contributed by atoms with Gasteiger partial charge in [0.05, 0.1) is 5.69 Å². The summed E-state index contributed by atoms with van der Waals surface area (Å²) in [4.78, 5) is 15.6. The molecule has 1 aliphatic rings. The minimum atomic E-state index is -0.0906. The maximum absolute atomic E-state index is 12.3. The van der Waals surface area contributed by atoms with Crippen molar-refractivity contribution in [2.24, 2.45) is 0 Å². The average molecular weight is 263 g/mol. The molecule has 0 saturated carbocycles. The normalized spacial score (nSPS) is 17.7. The molecule has 1 amide bonds. The van der Waals surface area contributed by atoms with Crippen LogP contribution in [0.25, 0.3) is 0 Å². The number of allylic oxidation sites excluding steroid dienone is 1. The average Bonchev–Trinajstić information content (AvgIpc) is 2.37. The fraction of sp³-hybridized carbons (Fsp3) is 0.357. The first-order chi connectivity index (χ1) is 8.65. The van der Waals surface area contributed by atoms with Gasteiger partial charge in [0.25, 0.3) is 5.91 Å². The maximum Gasteiger partial charge on any atom is 0.268 e. The van der Waals surface area contributed by atoms with E-state index in [1.807, 2.05) is 24.3 Å². The lowest BCUT2D eigenvalue weighted by Gasteiger charge is -2.30. The van der Waals surface area contributed by atoms with E-state index in [-0.39, 0.29) is 11.7 Å². The summed E-state index contributed by atoms with van der Waals surface area (Å²) in [5, 5.41) is 9.63. The molecule has 0 spiro atoms. The Balaban J connectivity index is 2.43. The van der Waals surface area contributed by atoms with Crippen LogP contribution in [0, 0.1) is 0 Å². The van der Waals surface area contributed by atoms with E-state index in [1.54, 1.807) is 11.8 Å². The number of rotatable bonds is 3. The van der Waals surface area contributed by atoms with Crippen LogP contribution in [-0.2, 0) is 4.79 Å². The molecule has 0 aromatic heterocycles. The molecule has 1 aromatic carbocycles. The van der Waals surface area contributed by atoms with Crippen LogP contribution in [-0.4, -0.2) is 17.6 Å². The molecule has 1 aromatic rings. The third-order valence-corrected chi connectivity index (χ3v) is 4.11. The van der Waals surface area contributed by atoms with Crippen molar-refractivity contribution in [1.82, 2.24) is 0 Å². The number of aliphatic hydroxyl groups excluding tert-OH is 1. The molecule has 0 unspecified atom stereocenters. The molecule has 1 aliphatic heterocycles. The largest absolute Gasteiger partial charge is 0.511 e. The van der Waals surface area contributed by atoms with E-state index in [2.05, 4.69) is 6.92 Å². The molecule has 2 rings (SSSR count). The fourth-order valence-corrected chi connectivity index (χ4v) is 2.91. The number of unbranched alkanes of at least 4 members (excludes halogenated alkanes) is 1. The number of para-hydroxylation sites is 1. The Morgan fingerprint density at radius 1 is 1.39 bits per heavy atom. The lowest BCUT2D eigenvalue weighted by Crippen LogP contribution is -2.35. The number of hydrogen-bond donors (Lipinski definition) is 1. The first-order valence-electron chi connectivity index (χ1n) is 6.13. The highest BCUT2D eigenvalue weighted by Crippen LogP contribution is 2.42. The van der Waals surface area contributed by atoms with Gasteiger partial charge in [0.15, 0.2) is 0 Å². The summed E-state index contributed by atoms with van der Waals surface area (Å²) in [5.74, 6) is 0.00755. The van der Waals surface area contributed by atoms with Crippen molar-refractivity contribution in [2.75, 3.05) is 11.4 Å². The van der Waals surface area contributed by atoms with Crippen LogP contribution in [0.5, 0.6) is 0 Å². The molecule has 0 atom stereocenters. The summed E-state index contributed by atoms with van der Waals surface area (Å²) in [6.45, 7) is 4.36. The van der Waals surface area contributed by atoms with Crippen LogP contribution >= 0.6 is 11.8 Å². The highest BCUT2D eigenvalue weighted by Gasteiger charge is 2.29. The Hall–Kier alpha value is -1.42. The molecule has 0 aliphatic carbocycles. The van der Waals surface area contributed by atoms with Crippen molar-refractivity contribution in [2.45, 2.75) is 31.6 Å². The minimum Gasteiger partial charge on any atom is -0.511 e. The summed E-state index contributed by atoms with van der Waals surface area (Å²) in [6.07, 6.45) is 2.00. The first-order valence-corrected chi connectivity index (χ1v) is 6.95. The van der Waals surface area contributed by atoms with Crippen LogP contribution in [0.4, 0.5) is 5.69 Å². The van der Waals surface area contributed by atoms with Gasteiger partial charge in [-0.05, 0) is 25.5 Å². The summed E-state index contributed by atoms with van der Waals surface area (Å²) < 4.78 is 0. The number of benzene rings is 1. The third-order valence-electron chi connectivity index (χ3n) is 2.87. The molecule has 3 nitrogen and oxygen atoms in total.